The summed E-state index contributed by atoms with van der Waals surface area (Å²) in [4.78, 5) is 22.7. The van der Waals surface area contributed by atoms with Crippen LogP contribution in [0, 0.1) is 0 Å². The molecule has 8 nitrogen and oxygen atoms in total. The summed E-state index contributed by atoms with van der Waals surface area (Å²) in [6.07, 6.45) is 50.6. The molecular formula is C46H89N2O6P. The van der Waals surface area contributed by atoms with Gasteiger partial charge in [0.15, 0.2) is 0 Å². The van der Waals surface area contributed by atoms with E-state index in [1.165, 1.54) is 161 Å². The van der Waals surface area contributed by atoms with E-state index in [2.05, 4.69) is 43.5 Å². The normalized spacial score (nSPS) is 14.3. The number of phosphoric ester groups is 1. The number of nitrogens with two attached hydrogens (primary N) is 1. The molecule has 324 valence electrons. The largest absolute Gasteiger partial charge is 0.472 e. The Balaban J connectivity index is 4.18. The molecule has 0 spiro atoms. The molecule has 0 aliphatic carbocycles. The smallest absolute Gasteiger partial charge is 0.387 e. The molecule has 3 unspecified atom stereocenters. The van der Waals surface area contributed by atoms with Gasteiger partial charge in [-0.1, -0.05) is 192 Å². The third kappa shape index (κ3) is 40.7. The zero-order valence-electron chi connectivity index (χ0n) is 35.9. The zero-order valence-corrected chi connectivity index (χ0v) is 36.8. The highest BCUT2D eigenvalue weighted by Crippen LogP contribution is 2.43. The van der Waals surface area contributed by atoms with Crippen LogP contribution < -0.4 is 11.1 Å². The number of allylic oxidation sites excluding steroid dienone is 5. The number of unbranched alkanes of at least 4 members (excludes halogenated alkanes) is 27. The van der Waals surface area contributed by atoms with Crippen LogP contribution in [0.3, 0.4) is 0 Å². The minimum absolute atomic E-state index is 0.0738. The molecule has 0 fully saturated rings. The Kier molecular flexibility index (Phi) is 41.3. The van der Waals surface area contributed by atoms with Crippen LogP contribution in [0.1, 0.15) is 219 Å². The number of carbonyl (C=O) groups is 1. The quantitative estimate of drug-likeness (QED) is 0.0274. The molecule has 9 heteroatoms. The molecule has 0 rings (SSSR count). The monoisotopic (exact) mass is 797 g/mol. The number of amides is 1. The maximum atomic E-state index is 12.8. The van der Waals surface area contributed by atoms with Crippen molar-refractivity contribution in [2.24, 2.45) is 5.73 Å². The van der Waals surface area contributed by atoms with Crippen molar-refractivity contribution in [2.45, 2.75) is 231 Å². The minimum Gasteiger partial charge on any atom is -0.387 e. The summed E-state index contributed by atoms with van der Waals surface area (Å²) in [6, 6.07) is -0.877. The molecule has 5 N–H and O–H groups in total. The van der Waals surface area contributed by atoms with Gasteiger partial charge < -0.3 is 21.1 Å². The van der Waals surface area contributed by atoms with Gasteiger partial charge in [0.05, 0.1) is 25.4 Å². The maximum absolute atomic E-state index is 12.8. The summed E-state index contributed by atoms with van der Waals surface area (Å²) in [5, 5.41) is 13.7. The first-order valence-corrected chi connectivity index (χ1v) is 24.6. The van der Waals surface area contributed by atoms with Gasteiger partial charge in [0.1, 0.15) is 0 Å². The minimum atomic E-state index is -4.35. The third-order valence-corrected chi connectivity index (χ3v) is 11.2. The molecule has 0 aromatic heterocycles. The second-order valence-electron chi connectivity index (χ2n) is 15.6. The van der Waals surface area contributed by atoms with Gasteiger partial charge in [-0.2, -0.15) is 0 Å². The topological polar surface area (TPSA) is 131 Å². The number of rotatable bonds is 43. The molecular weight excluding hydrogens is 707 g/mol. The molecule has 0 saturated heterocycles. The van der Waals surface area contributed by atoms with E-state index in [1.807, 2.05) is 6.08 Å². The van der Waals surface area contributed by atoms with Crippen molar-refractivity contribution in [3.05, 3.63) is 36.5 Å². The van der Waals surface area contributed by atoms with E-state index in [0.29, 0.717) is 6.42 Å². The van der Waals surface area contributed by atoms with Crippen molar-refractivity contribution in [1.29, 1.82) is 0 Å². The number of hydrogen-bond donors (Lipinski definition) is 4. The fraction of sp³-hybridized carbons (Fsp3) is 0.848. The number of phosphoric acid groups is 1. The number of carbonyl (C=O) groups excluding carboxylic acids is 1. The molecule has 0 saturated carbocycles. The van der Waals surface area contributed by atoms with Crippen molar-refractivity contribution in [3.8, 4) is 0 Å². The molecule has 0 aliphatic heterocycles. The molecule has 55 heavy (non-hydrogen) atoms. The van der Waals surface area contributed by atoms with Crippen molar-refractivity contribution < 1.29 is 28.4 Å². The molecule has 0 aliphatic rings. The second-order valence-corrected chi connectivity index (χ2v) is 17.1. The first-order chi connectivity index (χ1) is 26.9. The van der Waals surface area contributed by atoms with Gasteiger partial charge in [-0.3, -0.25) is 13.8 Å². The third-order valence-electron chi connectivity index (χ3n) is 10.2. The van der Waals surface area contributed by atoms with E-state index >= 15 is 0 Å². The average molecular weight is 797 g/mol. The Labute approximate surface area is 340 Å². The summed E-state index contributed by atoms with van der Waals surface area (Å²) >= 11 is 0. The van der Waals surface area contributed by atoms with Crippen molar-refractivity contribution in [2.75, 3.05) is 19.8 Å². The lowest BCUT2D eigenvalue weighted by Crippen LogP contribution is -2.45. The van der Waals surface area contributed by atoms with Crippen LogP contribution in [0.4, 0.5) is 0 Å². The first-order valence-electron chi connectivity index (χ1n) is 23.1. The lowest BCUT2D eigenvalue weighted by atomic mass is 10.0. The van der Waals surface area contributed by atoms with Crippen LogP contribution in [0.2, 0.25) is 0 Å². The summed E-state index contributed by atoms with van der Waals surface area (Å²) < 4.78 is 22.1. The van der Waals surface area contributed by atoms with Crippen molar-refractivity contribution in [1.82, 2.24) is 5.32 Å². The maximum Gasteiger partial charge on any atom is 0.472 e. The summed E-state index contributed by atoms with van der Waals surface area (Å²) in [7, 11) is -4.35. The number of aliphatic hydroxyl groups is 1. The van der Waals surface area contributed by atoms with Gasteiger partial charge in [-0.25, -0.2) is 4.57 Å². The molecule has 0 heterocycles. The van der Waals surface area contributed by atoms with Gasteiger partial charge in [0.25, 0.3) is 0 Å². The average Bonchev–Trinajstić information content (AvgIpc) is 3.17. The Morgan fingerprint density at radius 2 is 0.964 bits per heavy atom. The standard InChI is InChI=1S/C46H89N2O6P/c1-3-5-7-9-11-13-15-17-19-20-21-22-23-24-26-28-30-32-34-36-38-40-46(50)48-44(43-54-55(51,52)53-42-41-47)45(49)39-37-35-33-31-29-27-25-18-16-14-12-10-8-6-4-2/h20-21,29,31,37,39,44-45,49H,3-19,22-28,30,32-36,38,40-43,47H2,1-2H3,(H,48,50)(H,51,52)/b21-20-,31-29+,39-37+. The molecule has 0 bridgehead atoms. The highest BCUT2D eigenvalue weighted by Gasteiger charge is 2.26. The van der Waals surface area contributed by atoms with Crippen molar-refractivity contribution in [3.63, 3.8) is 0 Å². The lowest BCUT2D eigenvalue weighted by Gasteiger charge is -2.23. The number of nitrogens with one attached hydrogen (secondary N) is 1. The Bertz CT molecular complexity index is 959. The molecule has 0 radical (unpaired) electrons. The summed E-state index contributed by atoms with van der Waals surface area (Å²) in [5.41, 5.74) is 5.37. The van der Waals surface area contributed by atoms with E-state index in [1.54, 1.807) is 6.08 Å². The van der Waals surface area contributed by atoms with E-state index in [9.17, 15) is 19.4 Å². The summed E-state index contributed by atoms with van der Waals surface area (Å²) in [6.45, 7) is 4.12. The number of hydrogen-bond acceptors (Lipinski definition) is 6. The van der Waals surface area contributed by atoms with Crippen LogP contribution in [0.25, 0.3) is 0 Å². The van der Waals surface area contributed by atoms with E-state index < -0.39 is 20.0 Å². The van der Waals surface area contributed by atoms with Gasteiger partial charge in [-0.15, -0.1) is 0 Å². The molecule has 0 aromatic carbocycles. The predicted molar refractivity (Wildman–Crippen MR) is 235 cm³/mol. The highest BCUT2D eigenvalue weighted by molar-refractivity contribution is 7.47. The van der Waals surface area contributed by atoms with Crippen LogP contribution in [-0.2, 0) is 18.4 Å². The fourth-order valence-corrected chi connectivity index (χ4v) is 7.43. The lowest BCUT2D eigenvalue weighted by molar-refractivity contribution is -0.123. The summed E-state index contributed by atoms with van der Waals surface area (Å²) in [5.74, 6) is -0.206. The van der Waals surface area contributed by atoms with Crippen LogP contribution in [0.5, 0.6) is 0 Å². The molecule has 3 atom stereocenters. The Morgan fingerprint density at radius 3 is 1.40 bits per heavy atom. The van der Waals surface area contributed by atoms with E-state index in [4.69, 9.17) is 14.8 Å². The van der Waals surface area contributed by atoms with Gasteiger partial charge in [-0.05, 0) is 57.8 Å². The highest BCUT2D eigenvalue weighted by atomic mass is 31.2. The van der Waals surface area contributed by atoms with Crippen LogP contribution in [-0.4, -0.2) is 47.8 Å². The van der Waals surface area contributed by atoms with Crippen molar-refractivity contribution >= 4 is 13.7 Å². The number of aliphatic hydroxyl groups excluding tert-OH is 1. The van der Waals surface area contributed by atoms with Crippen LogP contribution >= 0.6 is 7.82 Å². The fourth-order valence-electron chi connectivity index (χ4n) is 6.67. The van der Waals surface area contributed by atoms with E-state index in [-0.39, 0.29) is 25.7 Å². The predicted octanol–water partition coefficient (Wildman–Crippen LogP) is 13.1. The zero-order chi connectivity index (χ0) is 40.3. The van der Waals surface area contributed by atoms with Gasteiger partial charge in [0.2, 0.25) is 5.91 Å². The van der Waals surface area contributed by atoms with E-state index in [0.717, 1.165) is 38.5 Å². The Morgan fingerprint density at radius 1 is 0.582 bits per heavy atom. The Hall–Kier alpha value is -1.28. The van der Waals surface area contributed by atoms with Gasteiger partial charge in [0, 0.05) is 13.0 Å². The molecule has 1 amide bonds. The SMILES string of the molecule is CCCCCCCCCC/C=C\CCCCCCCCCCCC(=O)NC(COP(=O)(O)OCCN)C(O)/C=C/CC/C=C/CCCCCCCCCCC. The van der Waals surface area contributed by atoms with Gasteiger partial charge >= 0.3 is 7.82 Å². The first kappa shape index (κ1) is 53.7. The second kappa shape index (κ2) is 42.3. The molecule has 0 aromatic rings. The van der Waals surface area contributed by atoms with Crippen LogP contribution in [0.15, 0.2) is 36.5 Å².